The number of hydrogen-bond donors (Lipinski definition) is 1. The number of benzene rings is 1. The van der Waals surface area contributed by atoms with E-state index in [1.54, 1.807) is 36.7 Å². The van der Waals surface area contributed by atoms with Crippen LogP contribution >= 0.6 is 11.8 Å². The van der Waals surface area contributed by atoms with Crippen LogP contribution in [-0.4, -0.2) is 16.1 Å². The Morgan fingerprint density at radius 2 is 2.16 bits per heavy atom. The van der Waals surface area contributed by atoms with E-state index in [-0.39, 0.29) is 5.56 Å². The first-order valence-corrected chi connectivity index (χ1v) is 6.39. The van der Waals surface area contributed by atoms with Crippen molar-refractivity contribution in [3.8, 4) is 0 Å². The van der Waals surface area contributed by atoms with Crippen LogP contribution in [0.2, 0.25) is 0 Å². The molecule has 3 aromatic rings. The Bertz CT molecular complexity index is 751. The third kappa shape index (κ3) is 2.32. The van der Waals surface area contributed by atoms with Crippen LogP contribution in [0.15, 0.2) is 63.2 Å². The molecule has 1 aromatic carbocycles. The highest BCUT2D eigenvalue weighted by atomic mass is 32.2. The molecule has 2 heterocycles. The summed E-state index contributed by atoms with van der Waals surface area (Å²) in [6.07, 6.45) is 3.29. The lowest BCUT2D eigenvalue weighted by molar-refractivity contribution is 0.0696. The summed E-state index contributed by atoms with van der Waals surface area (Å²) in [5, 5.41) is 10.7. The van der Waals surface area contributed by atoms with Gasteiger partial charge in [0.1, 0.15) is 10.6 Å². The van der Waals surface area contributed by atoms with E-state index >= 15 is 0 Å². The van der Waals surface area contributed by atoms with Gasteiger partial charge in [0.25, 0.3) is 0 Å². The molecular formula is C14H9NO3S. The lowest BCUT2D eigenvalue weighted by Crippen LogP contribution is -1.95. The quantitative estimate of drug-likeness (QED) is 0.787. The van der Waals surface area contributed by atoms with Gasteiger partial charge in [-0.15, -0.1) is 0 Å². The molecule has 0 aliphatic carbocycles. The maximum Gasteiger partial charge on any atom is 0.335 e. The normalized spacial score (nSPS) is 10.7. The lowest BCUT2D eigenvalue weighted by atomic mass is 10.2. The number of fused-ring (bicyclic) bond motifs is 1. The Hall–Kier alpha value is -2.27. The Balaban J connectivity index is 1.99. The van der Waals surface area contributed by atoms with Crippen molar-refractivity contribution in [1.82, 2.24) is 4.98 Å². The number of carboxylic acids is 1. The van der Waals surface area contributed by atoms with Gasteiger partial charge in [-0.05, 0) is 30.3 Å². The predicted octanol–water partition coefficient (Wildman–Crippen LogP) is 3.68. The van der Waals surface area contributed by atoms with E-state index in [2.05, 4.69) is 4.98 Å². The highest BCUT2D eigenvalue weighted by Gasteiger charge is 2.08. The fourth-order valence-corrected chi connectivity index (χ4v) is 2.70. The summed E-state index contributed by atoms with van der Waals surface area (Å²) in [5.41, 5.74) is 1.04. The first-order chi connectivity index (χ1) is 9.24. The molecule has 0 aliphatic rings. The maximum atomic E-state index is 10.9. The number of furan rings is 1. The number of pyridine rings is 1. The monoisotopic (exact) mass is 271 g/mol. The number of rotatable bonds is 3. The van der Waals surface area contributed by atoms with E-state index in [1.807, 2.05) is 12.1 Å². The molecule has 0 amide bonds. The van der Waals surface area contributed by atoms with E-state index in [4.69, 9.17) is 9.52 Å². The molecule has 2 aromatic heterocycles. The van der Waals surface area contributed by atoms with Gasteiger partial charge >= 0.3 is 5.97 Å². The molecule has 0 aliphatic heterocycles. The number of nitrogens with zero attached hydrogens (tertiary/aromatic N) is 1. The lowest BCUT2D eigenvalue weighted by Gasteiger charge is -2.03. The second-order valence-electron chi connectivity index (χ2n) is 3.88. The van der Waals surface area contributed by atoms with Crippen LogP contribution in [0, 0.1) is 0 Å². The maximum absolute atomic E-state index is 10.9. The van der Waals surface area contributed by atoms with Gasteiger partial charge in [0.05, 0.1) is 17.2 Å². The van der Waals surface area contributed by atoms with Crippen molar-refractivity contribution in [2.75, 3.05) is 0 Å². The Labute approximate surface area is 113 Å². The second-order valence-corrected chi connectivity index (χ2v) is 4.95. The minimum atomic E-state index is -0.933. The summed E-state index contributed by atoms with van der Waals surface area (Å²) in [6.45, 7) is 0. The zero-order chi connectivity index (χ0) is 13.2. The van der Waals surface area contributed by atoms with Gasteiger partial charge in [-0.25, -0.2) is 9.78 Å². The molecule has 0 spiro atoms. The number of hydrogen-bond acceptors (Lipinski definition) is 4. The van der Waals surface area contributed by atoms with Crippen LogP contribution in [0.1, 0.15) is 10.4 Å². The molecule has 5 heteroatoms. The molecule has 0 saturated carbocycles. The van der Waals surface area contributed by atoms with Crippen LogP contribution in [0.5, 0.6) is 0 Å². The second kappa shape index (κ2) is 4.78. The standard InChI is InChI=1S/C14H9NO3S/c16-14(17)9-2-1-3-10(8-9)19-13-11-5-7-18-12(11)4-6-15-13/h1-8H,(H,16,17). The van der Waals surface area contributed by atoms with Crippen LogP contribution < -0.4 is 0 Å². The third-order valence-corrected chi connectivity index (χ3v) is 3.65. The van der Waals surface area contributed by atoms with Crippen molar-refractivity contribution in [3.05, 3.63) is 54.4 Å². The van der Waals surface area contributed by atoms with Crippen molar-refractivity contribution >= 4 is 28.7 Å². The topological polar surface area (TPSA) is 63.3 Å². The average Bonchev–Trinajstić information content (AvgIpc) is 2.88. The SMILES string of the molecule is O=C(O)c1cccc(Sc2nccc3occc23)c1. The van der Waals surface area contributed by atoms with Crippen molar-refractivity contribution < 1.29 is 14.3 Å². The van der Waals surface area contributed by atoms with Crippen LogP contribution in [0.25, 0.3) is 11.0 Å². The molecular weight excluding hydrogens is 262 g/mol. The first kappa shape index (κ1) is 11.8. The van der Waals surface area contributed by atoms with Crippen LogP contribution in [0.3, 0.4) is 0 Å². The molecule has 0 fully saturated rings. The Morgan fingerprint density at radius 1 is 1.26 bits per heavy atom. The molecule has 0 unspecified atom stereocenters. The Morgan fingerprint density at radius 3 is 3.00 bits per heavy atom. The van der Waals surface area contributed by atoms with E-state index in [0.717, 1.165) is 20.9 Å². The zero-order valence-electron chi connectivity index (χ0n) is 9.74. The minimum absolute atomic E-state index is 0.268. The predicted molar refractivity (Wildman–Crippen MR) is 71.5 cm³/mol. The molecule has 19 heavy (non-hydrogen) atoms. The summed E-state index contributed by atoms with van der Waals surface area (Å²) in [7, 11) is 0. The zero-order valence-corrected chi connectivity index (χ0v) is 10.6. The fraction of sp³-hybridized carbons (Fsp3) is 0. The van der Waals surface area contributed by atoms with Crippen molar-refractivity contribution in [3.63, 3.8) is 0 Å². The molecule has 0 atom stereocenters. The van der Waals surface area contributed by atoms with Gasteiger partial charge in [0.2, 0.25) is 0 Å². The van der Waals surface area contributed by atoms with Gasteiger partial charge in [0, 0.05) is 11.1 Å². The van der Waals surface area contributed by atoms with E-state index in [1.165, 1.54) is 11.8 Å². The largest absolute Gasteiger partial charge is 0.478 e. The molecule has 4 nitrogen and oxygen atoms in total. The van der Waals surface area contributed by atoms with Crippen LogP contribution in [0.4, 0.5) is 0 Å². The molecule has 1 N–H and O–H groups in total. The smallest absolute Gasteiger partial charge is 0.335 e. The van der Waals surface area contributed by atoms with Gasteiger partial charge < -0.3 is 9.52 Å². The summed E-state index contributed by atoms with van der Waals surface area (Å²) in [5.74, 6) is -0.933. The van der Waals surface area contributed by atoms with Gasteiger partial charge in [0.15, 0.2) is 0 Å². The van der Waals surface area contributed by atoms with Crippen LogP contribution in [-0.2, 0) is 0 Å². The molecule has 94 valence electrons. The minimum Gasteiger partial charge on any atom is -0.478 e. The fourth-order valence-electron chi connectivity index (χ4n) is 1.75. The van der Waals surface area contributed by atoms with E-state index < -0.39 is 5.97 Å². The summed E-state index contributed by atoms with van der Waals surface area (Å²) in [4.78, 5) is 16.1. The Kier molecular flexibility index (Phi) is 2.97. The van der Waals surface area contributed by atoms with E-state index in [0.29, 0.717) is 0 Å². The summed E-state index contributed by atoms with van der Waals surface area (Å²) >= 11 is 1.42. The number of carboxylic acid groups (broad SMARTS) is 1. The first-order valence-electron chi connectivity index (χ1n) is 5.57. The van der Waals surface area contributed by atoms with Gasteiger partial charge in [-0.3, -0.25) is 0 Å². The number of carbonyl (C=O) groups is 1. The van der Waals surface area contributed by atoms with Crippen molar-refractivity contribution in [2.24, 2.45) is 0 Å². The number of aromatic nitrogens is 1. The third-order valence-electron chi connectivity index (χ3n) is 2.64. The summed E-state index contributed by atoms with van der Waals surface area (Å²) in [6, 6.07) is 10.4. The van der Waals surface area contributed by atoms with Gasteiger partial charge in [-0.1, -0.05) is 17.8 Å². The van der Waals surface area contributed by atoms with E-state index in [9.17, 15) is 4.79 Å². The highest BCUT2D eigenvalue weighted by Crippen LogP contribution is 2.32. The molecule has 0 radical (unpaired) electrons. The molecule has 0 bridgehead atoms. The van der Waals surface area contributed by atoms with Crippen molar-refractivity contribution in [2.45, 2.75) is 9.92 Å². The number of aromatic carboxylic acids is 1. The van der Waals surface area contributed by atoms with Crippen molar-refractivity contribution in [1.29, 1.82) is 0 Å². The highest BCUT2D eigenvalue weighted by molar-refractivity contribution is 7.99. The van der Waals surface area contributed by atoms with Gasteiger partial charge in [-0.2, -0.15) is 0 Å². The summed E-state index contributed by atoms with van der Waals surface area (Å²) < 4.78 is 5.31. The molecule has 0 saturated heterocycles. The average molecular weight is 271 g/mol. The molecule has 3 rings (SSSR count).